The normalized spacial score (nSPS) is 32.9. The van der Waals surface area contributed by atoms with Gasteiger partial charge in [0.05, 0.1) is 5.41 Å². The van der Waals surface area contributed by atoms with E-state index in [0.29, 0.717) is 24.7 Å². The lowest BCUT2D eigenvalue weighted by Gasteiger charge is -2.55. The van der Waals surface area contributed by atoms with Gasteiger partial charge in [0.1, 0.15) is 12.7 Å². The minimum Gasteiger partial charge on any atom is -0.458 e. The van der Waals surface area contributed by atoms with E-state index in [0.717, 1.165) is 38.5 Å². The van der Waals surface area contributed by atoms with Gasteiger partial charge in [-0.2, -0.15) is 13.2 Å². The lowest BCUT2D eigenvalue weighted by atomic mass is 9.49. The molecular formula is C22H30F4O4. The average Bonchev–Trinajstić information content (AvgIpc) is 2.61. The molecule has 8 heteroatoms. The molecule has 4 rings (SSSR count). The van der Waals surface area contributed by atoms with E-state index >= 15 is 0 Å². The fourth-order valence-electron chi connectivity index (χ4n) is 5.68. The third-order valence-corrected chi connectivity index (χ3v) is 7.02. The number of hydrogen-bond acceptors (Lipinski definition) is 4. The summed E-state index contributed by atoms with van der Waals surface area (Å²) in [5, 5.41) is 0. The molecule has 0 aromatic carbocycles. The lowest BCUT2D eigenvalue weighted by molar-refractivity contribution is -0.228. The zero-order valence-corrected chi connectivity index (χ0v) is 17.5. The number of rotatable bonds is 8. The van der Waals surface area contributed by atoms with Gasteiger partial charge < -0.3 is 9.47 Å². The highest BCUT2D eigenvalue weighted by Crippen LogP contribution is 2.60. The van der Waals surface area contributed by atoms with Crippen molar-refractivity contribution in [2.75, 3.05) is 6.61 Å². The Labute approximate surface area is 174 Å². The van der Waals surface area contributed by atoms with Crippen LogP contribution in [0.15, 0.2) is 12.2 Å². The summed E-state index contributed by atoms with van der Waals surface area (Å²) in [4.78, 5) is 24.8. The second-order valence-electron chi connectivity index (χ2n) is 9.84. The van der Waals surface area contributed by atoms with Gasteiger partial charge in [-0.1, -0.05) is 6.58 Å². The van der Waals surface area contributed by atoms with E-state index in [1.807, 2.05) is 0 Å². The number of carbonyl (C=O) groups is 2. The Morgan fingerprint density at radius 2 is 1.57 bits per heavy atom. The topological polar surface area (TPSA) is 52.6 Å². The van der Waals surface area contributed by atoms with Gasteiger partial charge in [0.25, 0.3) is 0 Å². The Kier molecular flexibility index (Phi) is 6.27. The van der Waals surface area contributed by atoms with Gasteiger partial charge in [0.15, 0.2) is 0 Å². The van der Waals surface area contributed by atoms with Crippen molar-refractivity contribution in [3.8, 4) is 0 Å². The smallest absolute Gasteiger partial charge is 0.422 e. The fraction of sp³-hybridized carbons (Fsp3) is 0.818. The largest absolute Gasteiger partial charge is 0.458 e. The second-order valence-corrected chi connectivity index (χ2v) is 9.84. The number of hydrogen-bond donors (Lipinski definition) is 0. The molecule has 170 valence electrons. The van der Waals surface area contributed by atoms with Crippen LogP contribution in [0.2, 0.25) is 0 Å². The van der Waals surface area contributed by atoms with Gasteiger partial charge in [-0.15, -0.1) is 0 Å². The molecule has 2 atom stereocenters. The zero-order valence-electron chi connectivity index (χ0n) is 17.5. The van der Waals surface area contributed by atoms with Crippen LogP contribution in [0.5, 0.6) is 0 Å². The predicted octanol–water partition coefficient (Wildman–Crippen LogP) is 5.30. The molecule has 4 aliphatic carbocycles. The van der Waals surface area contributed by atoms with Crippen LogP contribution in [0.3, 0.4) is 0 Å². The molecule has 0 radical (unpaired) electrons. The third-order valence-electron chi connectivity index (χ3n) is 7.02. The third kappa shape index (κ3) is 4.83. The highest BCUT2D eigenvalue weighted by Gasteiger charge is 2.56. The van der Waals surface area contributed by atoms with Crippen molar-refractivity contribution >= 4 is 11.9 Å². The van der Waals surface area contributed by atoms with E-state index in [4.69, 9.17) is 9.47 Å². The van der Waals surface area contributed by atoms with Gasteiger partial charge in [-0.05, 0) is 83.0 Å². The molecule has 4 aliphatic rings. The molecule has 4 fully saturated rings. The maximum absolute atomic E-state index is 14.0. The summed E-state index contributed by atoms with van der Waals surface area (Å²) >= 11 is 0. The fourth-order valence-corrected chi connectivity index (χ4v) is 5.68. The second kappa shape index (κ2) is 8.15. The van der Waals surface area contributed by atoms with Crippen LogP contribution >= 0.6 is 0 Å². The highest BCUT2D eigenvalue weighted by molar-refractivity contribution is 5.87. The Hall–Kier alpha value is -1.60. The number of carbonyl (C=O) groups excluding carboxylic acids is 2. The van der Waals surface area contributed by atoms with Crippen LogP contribution in [0.25, 0.3) is 0 Å². The van der Waals surface area contributed by atoms with Crippen molar-refractivity contribution in [3.05, 3.63) is 12.2 Å². The van der Waals surface area contributed by atoms with Crippen molar-refractivity contribution in [1.82, 2.24) is 0 Å². The standard InChI is InChI=1S/C22H30F4O4/c1-13(2)18(27)29-12-17(4-5-20(3,23)22(24,25)26)30-19(28)21-9-14-6-15(10-21)8-16(7-14)11-21/h14-17H,1,4-12H2,2-3H3. The first-order chi connectivity index (χ1) is 13.8. The van der Waals surface area contributed by atoms with Crippen LogP contribution in [-0.2, 0) is 19.1 Å². The minimum atomic E-state index is -5.03. The summed E-state index contributed by atoms with van der Waals surface area (Å²) in [6.07, 6.45) is -1.87. The number of halogens is 4. The summed E-state index contributed by atoms with van der Waals surface area (Å²) in [7, 11) is 0. The Morgan fingerprint density at radius 1 is 1.07 bits per heavy atom. The van der Waals surface area contributed by atoms with E-state index in [1.54, 1.807) is 0 Å². The summed E-state index contributed by atoms with van der Waals surface area (Å²) in [6.45, 7) is 4.92. The van der Waals surface area contributed by atoms with Crippen molar-refractivity contribution in [1.29, 1.82) is 0 Å². The molecule has 0 amide bonds. The highest BCUT2D eigenvalue weighted by atomic mass is 19.4. The quantitative estimate of drug-likeness (QED) is 0.295. The van der Waals surface area contributed by atoms with Crippen LogP contribution in [-0.4, -0.2) is 36.5 Å². The van der Waals surface area contributed by atoms with Crippen LogP contribution < -0.4 is 0 Å². The molecule has 2 unspecified atom stereocenters. The molecule has 4 saturated carbocycles. The first-order valence-corrected chi connectivity index (χ1v) is 10.6. The van der Waals surface area contributed by atoms with Crippen molar-refractivity contribution in [2.24, 2.45) is 23.2 Å². The predicted molar refractivity (Wildman–Crippen MR) is 101 cm³/mol. The summed E-state index contributed by atoms with van der Waals surface area (Å²) < 4.78 is 63.3. The molecule has 0 heterocycles. The molecule has 0 aromatic heterocycles. The van der Waals surface area contributed by atoms with Crippen molar-refractivity contribution in [3.63, 3.8) is 0 Å². The van der Waals surface area contributed by atoms with Gasteiger partial charge >= 0.3 is 18.1 Å². The molecule has 4 bridgehead atoms. The summed E-state index contributed by atoms with van der Waals surface area (Å²) in [6, 6.07) is 0. The van der Waals surface area contributed by atoms with Gasteiger partial charge in [-0.25, -0.2) is 9.18 Å². The Morgan fingerprint density at radius 3 is 2.00 bits per heavy atom. The lowest BCUT2D eigenvalue weighted by Crippen LogP contribution is -2.51. The van der Waals surface area contributed by atoms with Crippen LogP contribution in [0, 0.1) is 23.2 Å². The molecular weight excluding hydrogens is 404 g/mol. The molecule has 30 heavy (non-hydrogen) atoms. The van der Waals surface area contributed by atoms with Crippen LogP contribution in [0.4, 0.5) is 17.6 Å². The minimum absolute atomic E-state index is 0.117. The van der Waals surface area contributed by atoms with E-state index < -0.39 is 54.8 Å². The molecule has 0 N–H and O–H groups in total. The van der Waals surface area contributed by atoms with E-state index in [-0.39, 0.29) is 5.57 Å². The first-order valence-electron chi connectivity index (χ1n) is 10.6. The van der Waals surface area contributed by atoms with Gasteiger partial charge in [0, 0.05) is 5.57 Å². The Bertz CT molecular complexity index is 662. The van der Waals surface area contributed by atoms with E-state index in [2.05, 4.69) is 6.58 Å². The average molecular weight is 434 g/mol. The molecule has 4 nitrogen and oxygen atoms in total. The van der Waals surface area contributed by atoms with Gasteiger partial charge in [-0.3, -0.25) is 4.79 Å². The van der Waals surface area contributed by atoms with E-state index in [1.165, 1.54) is 6.92 Å². The molecule has 0 saturated heterocycles. The van der Waals surface area contributed by atoms with Crippen molar-refractivity contribution in [2.45, 2.75) is 83.2 Å². The first kappa shape index (κ1) is 23.1. The van der Waals surface area contributed by atoms with Crippen LogP contribution in [0.1, 0.15) is 65.2 Å². The number of esters is 2. The SMILES string of the molecule is C=C(C)C(=O)OCC(CCC(C)(F)C(F)(F)F)OC(=O)C12CC3CC(CC(C3)C1)C2. The molecule has 0 aromatic rings. The van der Waals surface area contributed by atoms with Crippen molar-refractivity contribution < 1.29 is 36.6 Å². The number of alkyl halides is 4. The maximum atomic E-state index is 14.0. The Balaban J connectivity index is 1.67. The molecule has 0 aliphatic heterocycles. The zero-order chi connectivity index (χ0) is 22.3. The van der Waals surface area contributed by atoms with E-state index in [9.17, 15) is 27.2 Å². The summed E-state index contributed by atoms with van der Waals surface area (Å²) in [5.74, 6) is 0.295. The number of ether oxygens (including phenoxy) is 2. The van der Waals surface area contributed by atoms with Gasteiger partial charge in [0.2, 0.25) is 5.67 Å². The maximum Gasteiger partial charge on any atom is 0.422 e. The monoisotopic (exact) mass is 434 g/mol. The molecule has 0 spiro atoms. The summed E-state index contributed by atoms with van der Waals surface area (Å²) in [5.41, 5.74) is -3.91.